The molecular weight excluding hydrogens is 404 g/mol. The van der Waals surface area contributed by atoms with Crippen molar-refractivity contribution in [1.29, 1.82) is 0 Å². The highest BCUT2D eigenvalue weighted by molar-refractivity contribution is 7.99. The number of carbonyl (C=O) groups excluding carboxylic acids is 1. The minimum absolute atomic E-state index is 0.198. The first-order valence-electron chi connectivity index (χ1n) is 8.35. The van der Waals surface area contributed by atoms with Gasteiger partial charge in [0, 0.05) is 34.8 Å². The molecule has 1 amide bonds. The van der Waals surface area contributed by atoms with E-state index >= 15 is 0 Å². The van der Waals surface area contributed by atoms with Crippen LogP contribution in [0, 0.1) is 0 Å². The lowest BCUT2D eigenvalue weighted by Crippen LogP contribution is -2.23. The summed E-state index contributed by atoms with van der Waals surface area (Å²) in [5.74, 6) is 0.550. The second-order valence-electron chi connectivity index (χ2n) is 5.50. The van der Waals surface area contributed by atoms with Crippen LogP contribution in [0.15, 0.2) is 64.4 Å². The normalized spacial score (nSPS) is 11.6. The average molecular weight is 425 g/mol. The van der Waals surface area contributed by atoms with E-state index in [9.17, 15) is 13.2 Å². The van der Waals surface area contributed by atoms with Gasteiger partial charge in [-0.3, -0.25) is 4.79 Å². The molecule has 8 heteroatoms. The zero-order chi connectivity index (χ0) is 19.7. The van der Waals surface area contributed by atoms with E-state index in [0.29, 0.717) is 18.1 Å². The van der Waals surface area contributed by atoms with Crippen LogP contribution in [-0.4, -0.2) is 33.2 Å². The molecule has 0 bridgehead atoms. The van der Waals surface area contributed by atoms with Gasteiger partial charge in [-0.25, -0.2) is 13.1 Å². The second-order valence-corrected chi connectivity index (χ2v) is 8.87. The first-order valence-corrected chi connectivity index (χ1v) is 11.2. The maximum Gasteiger partial charge on any atom is 0.244 e. The van der Waals surface area contributed by atoms with Crippen LogP contribution < -0.4 is 10.0 Å². The fourth-order valence-electron chi connectivity index (χ4n) is 2.14. The molecule has 0 radical (unpaired) electrons. The van der Waals surface area contributed by atoms with Crippen LogP contribution in [0.3, 0.4) is 0 Å². The maximum atomic E-state index is 11.9. The summed E-state index contributed by atoms with van der Waals surface area (Å²) in [5, 5.41) is 3.51. The van der Waals surface area contributed by atoms with E-state index in [4.69, 9.17) is 11.6 Å². The Morgan fingerprint density at radius 3 is 2.41 bits per heavy atom. The molecule has 27 heavy (non-hydrogen) atoms. The Kier molecular flexibility index (Phi) is 8.37. The molecule has 0 unspecified atom stereocenters. The van der Waals surface area contributed by atoms with Crippen LogP contribution in [0.4, 0.5) is 0 Å². The highest BCUT2D eigenvalue weighted by atomic mass is 35.5. The second kappa shape index (κ2) is 10.5. The molecule has 0 fully saturated rings. The molecule has 0 heterocycles. The fraction of sp³-hybridized carbons (Fsp3) is 0.211. The van der Waals surface area contributed by atoms with Gasteiger partial charge in [-0.05, 0) is 48.0 Å². The molecule has 2 rings (SSSR count). The van der Waals surface area contributed by atoms with Gasteiger partial charge in [-0.15, -0.1) is 11.8 Å². The quantitative estimate of drug-likeness (QED) is 0.366. The SMILES string of the molecule is CCNS(=O)(=O)c1ccc(/C=C/C(=O)NCCSc2ccc(Cl)cc2)cc1. The van der Waals surface area contributed by atoms with E-state index in [2.05, 4.69) is 10.0 Å². The van der Waals surface area contributed by atoms with Crippen molar-refractivity contribution >= 4 is 45.4 Å². The Morgan fingerprint density at radius 2 is 1.78 bits per heavy atom. The first kappa shape index (κ1) is 21.5. The molecule has 0 aliphatic carbocycles. The molecule has 2 N–H and O–H groups in total. The van der Waals surface area contributed by atoms with Crippen LogP contribution in [0.25, 0.3) is 6.08 Å². The molecule has 2 aromatic carbocycles. The lowest BCUT2D eigenvalue weighted by Gasteiger charge is -2.04. The molecule has 144 valence electrons. The van der Waals surface area contributed by atoms with Gasteiger partial charge in [-0.2, -0.15) is 0 Å². The number of halogens is 1. The zero-order valence-corrected chi connectivity index (χ0v) is 17.2. The third-order valence-corrected chi connectivity index (χ3v) is 6.26. The number of carbonyl (C=O) groups is 1. The summed E-state index contributed by atoms with van der Waals surface area (Å²) in [5.41, 5.74) is 0.746. The third kappa shape index (κ3) is 7.38. The Labute approximate surface area is 169 Å². The predicted octanol–water partition coefficient (Wildman–Crippen LogP) is 3.56. The summed E-state index contributed by atoms with van der Waals surface area (Å²) in [6, 6.07) is 13.9. The Balaban J connectivity index is 1.78. The molecule has 0 aromatic heterocycles. The standard InChI is InChI=1S/C19H21ClN2O3S2/c1-2-22-27(24,25)18-10-3-15(4-11-18)5-12-19(23)21-13-14-26-17-8-6-16(20)7-9-17/h3-12,22H,2,13-14H2,1H3,(H,21,23)/b12-5+. The van der Waals surface area contributed by atoms with Gasteiger partial charge in [0.2, 0.25) is 15.9 Å². The number of nitrogens with one attached hydrogen (secondary N) is 2. The predicted molar refractivity (Wildman–Crippen MR) is 112 cm³/mol. The Hall–Kier alpha value is -1.80. The van der Waals surface area contributed by atoms with E-state index in [1.165, 1.54) is 18.2 Å². The van der Waals surface area contributed by atoms with E-state index in [-0.39, 0.29) is 10.8 Å². The highest BCUT2D eigenvalue weighted by Gasteiger charge is 2.11. The highest BCUT2D eigenvalue weighted by Crippen LogP contribution is 2.19. The van der Waals surface area contributed by atoms with Crippen molar-refractivity contribution in [3.63, 3.8) is 0 Å². The van der Waals surface area contributed by atoms with Crippen LogP contribution in [0.1, 0.15) is 12.5 Å². The van der Waals surface area contributed by atoms with Crippen LogP contribution in [0.5, 0.6) is 0 Å². The van der Waals surface area contributed by atoms with Crippen LogP contribution in [0.2, 0.25) is 5.02 Å². The Bertz CT molecular complexity index is 880. The summed E-state index contributed by atoms with van der Waals surface area (Å²) in [4.78, 5) is 13.1. The molecule has 0 spiro atoms. The summed E-state index contributed by atoms with van der Waals surface area (Å²) >= 11 is 7.47. The number of hydrogen-bond donors (Lipinski definition) is 2. The molecule has 2 aromatic rings. The average Bonchev–Trinajstić information content (AvgIpc) is 2.65. The third-order valence-electron chi connectivity index (χ3n) is 3.44. The maximum absolute atomic E-state index is 11.9. The summed E-state index contributed by atoms with van der Waals surface area (Å²) in [7, 11) is -3.46. The molecular formula is C19H21ClN2O3S2. The van der Waals surface area contributed by atoms with Gasteiger partial charge < -0.3 is 5.32 Å². The molecule has 5 nitrogen and oxygen atoms in total. The molecule has 0 saturated heterocycles. The van der Waals surface area contributed by atoms with Crippen LogP contribution in [-0.2, 0) is 14.8 Å². The molecule has 0 aliphatic rings. The van der Waals surface area contributed by atoms with Gasteiger partial charge >= 0.3 is 0 Å². The Morgan fingerprint density at radius 1 is 1.11 bits per heavy atom. The molecule has 0 saturated carbocycles. The van der Waals surface area contributed by atoms with E-state index < -0.39 is 10.0 Å². The topological polar surface area (TPSA) is 75.3 Å². The van der Waals surface area contributed by atoms with E-state index in [1.807, 2.05) is 24.3 Å². The largest absolute Gasteiger partial charge is 0.352 e. The lowest BCUT2D eigenvalue weighted by molar-refractivity contribution is -0.116. The van der Waals surface area contributed by atoms with Gasteiger partial charge in [0.1, 0.15) is 0 Å². The number of sulfonamides is 1. The van der Waals surface area contributed by atoms with Crippen molar-refractivity contribution < 1.29 is 13.2 Å². The van der Waals surface area contributed by atoms with E-state index in [1.54, 1.807) is 36.9 Å². The van der Waals surface area contributed by atoms with Crippen molar-refractivity contribution in [2.45, 2.75) is 16.7 Å². The summed E-state index contributed by atoms with van der Waals surface area (Å²) < 4.78 is 26.2. The lowest BCUT2D eigenvalue weighted by atomic mass is 10.2. The monoisotopic (exact) mass is 424 g/mol. The van der Waals surface area contributed by atoms with Gasteiger partial charge in [0.25, 0.3) is 0 Å². The summed E-state index contributed by atoms with van der Waals surface area (Å²) in [6.07, 6.45) is 3.08. The summed E-state index contributed by atoms with van der Waals surface area (Å²) in [6.45, 7) is 2.60. The number of rotatable bonds is 9. The zero-order valence-electron chi connectivity index (χ0n) is 14.8. The van der Waals surface area contributed by atoms with E-state index in [0.717, 1.165) is 16.2 Å². The fourth-order valence-corrected chi connectivity index (χ4v) is 4.07. The smallest absolute Gasteiger partial charge is 0.244 e. The van der Waals surface area contributed by atoms with Crippen LogP contribution >= 0.6 is 23.4 Å². The number of thioether (sulfide) groups is 1. The van der Waals surface area contributed by atoms with Crippen molar-refractivity contribution in [2.24, 2.45) is 0 Å². The van der Waals surface area contributed by atoms with Gasteiger partial charge in [0.15, 0.2) is 0 Å². The molecule has 0 atom stereocenters. The van der Waals surface area contributed by atoms with Crippen molar-refractivity contribution in [3.8, 4) is 0 Å². The van der Waals surface area contributed by atoms with Crippen molar-refractivity contribution in [3.05, 3.63) is 65.2 Å². The van der Waals surface area contributed by atoms with Gasteiger partial charge in [-0.1, -0.05) is 30.7 Å². The number of amides is 1. The number of hydrogen-bond acceptors (Lipinski definition) is 4. The van der Waals surface area contributed by atoms with Gasteiger partial charge in [0.05, 0.1) is 4.90 Å². The minimum atomic E-state index is -3.46. The van der Waals surface area contributed by atoms with Crippen molar-refractivity contribution in [1.82, 2.24) is 10.0 Å². The first-order chi connectivity index (χ1) is 12.9. The molecule has 0 aliphatic heterocycles. The van der Waals surface area contributed by atoms with Crippen molar-refractivity contribution in [2.75, 3.05) is 18.8 Å². The number of benzene rings is 2. The minimum Gasteiger partial charge on any atom is -0.352 e.